The molecule has 7 heteroatoms. The zero-order valence-electron chi connectivity index (χ0n) is 10.8. The van der Waals surface area contributed by atoms with E-state index in [1.807, 2.05) is 28.8 Å². The van der Waals surface area contributed by atoms with Gasteiger partial charge in [0.2, 0.25) is 0 Å². The zero-order valence-corrected chi connectivity index (χ0v) is 13.2. The number of pyridine rings is 1. The summed E-state index contributed by atoms with van der Waals surface area (Å²) in [7, 11) is 0. The number of nitrogens with one attached hydrogen (secondary N) is 1. The third kappa shape index (κ3) is 2.13. The van der Waals surface area contributed by atoms with Gasteiger partial charge in [-0.1, -0.05) is 0 Å². The lowest BCUT2D eigenvalue weighted by molar-refractivity contribution is 0.171. The Kier molecular flexibility index (Phi) is 2.97. The molecule has 3 heterocycles. The van der Waals surface area contributed by atoms with E-state index in [4.69, 9.17) is 21.7 Å². The standard InChI is InChI=1S/C14H10BrN3O2S/c15-8-5-10-13(16-7-8)18(14(21)17-10)9-1-2-11-12(6-9)20-4-3-19-11/h1-2,5-7H,3-4H2,(H,17,21). The number of hydrogen-bond donors (Lipinski definition) is 1. The number of aromatic amines is 1. The van der Waals surface area contributed by atoms with Gasteiger partial charge < -0.3 is 14.5 Å². The predicted molar refractivity (Wildman–Crippen MR) is 84.9 cm³/mol. The Morgan fingerprint density at radius 3 is 2.86 bits per heavy atom. The van der Waals surface area contributed by atoms with E-state index in [-0.39, 0.29) is 0 Å². The number of nitrogens with zero attached hydrogens (tertiary/aromatic N) is 2. The second-order valence-corrected chi connectivity index (χ2v) is 5.92. The van der Waals surface area contributed by atoms with Crippen molar-refractivity contribution in [3.05, 3.63) is 39.7 Å². The number of aromatic nitrogens is 3. The first-order valence-corrected chi connectivity index (χ1v) is 7.59. The molecular weight excluding hydrogens is 354 g/mol. The smallest absolute Gasteiger partial charge is 0.184 e. The normalized spacial score (nSPS) is 13.6. The summed E-state index contributed by atoms with van der Waals surface area (Å²) in [6.45, 7) is 1.13. The second kappa shape index (κ2) is 4.85. The van der Waals surface area contributed by atoms with Crippen LogP contribution in [-0.2, 0) is 0 Å². The van der Waals surface area contributed by atoms with E-state index in [2.05, 4.69) is 25.9 Å². The average molecular weight is 364 g/mol. The summed E-state index contributed by atoms with van der Waals surface area (Å²) in [4.78, 5) is 7.60. The van der Waals surface area contributed by atoms with Crippen LogP contribution in [0.15, 0.2) is 34.9 Å². The lowest BCUT2D eigenvalue weighted by Gasteiger charge is -2.19. The maximum Gasteiger partial charge on any atom is 0.184 e. The van der Waals surface area contributed by atoms with Gasteiger partial charge in [0.05, 0.1) is 11.2 Å². The second-order valence-electron chi connectivity index (χ2n) is 4.62. The van der Waals surface area contributed by atoms with Gasteiger partial charge in [0, 0.05) is 16.7 Å². The van der Waals surface area contributed by atoms with Gasteiger partial charge in [0.15, 0.2) is 21.9 Å². The molecule has 1 aliphatic heterocycles. The van der Waals surface area contributed by atoms with Crippen LogP contribution in [0.25, 0.3) is 16.9 Å². The fourth-order valence-electron chi connectivity index (χ4n) is 2.38. The summed E-state index contributed by atoms with van der Waals surface area (Å²) in [5.41, 5.74) is 2.55. The molecule has 5 nitrogen and oxygen atoms in total. The first-order chi connectivity index (χ1) is 10.2. The first-order valence-electron chi connectivity index (χ1n) is 6.39. The molecule has 0 amide bonds. The molecule has 0 spiro atoms. The third-order valence-corrected chi connectivity index (χ3v) is 3.99. The SMILES string of the molecule is S=c1[nH]c2cc(Br)cnc2n1-c1ccc2c(c1)OCCO2. The molecule has 21 heavy (non-hydrogen) atoms. The van der Waals surface area contributed by atoms with Crippen LogP contribution in [0.5, 0.6) is 11.5 Å². The highest BCUT2D eigenvalue weighted by molar-refractivity contribution is 9.10. The molecule has 0 bridgehead atoms. The van der Waals surface area contributed by atoms with Crippen molar-refractivity contribution in [1.82, 2.24) is 14.5 Å². The number of fused-ring (bicyclic) bond motifs is 2. The van der Waals surface area contributed by atoms with Crippen LogP contribution < -0.4 is 9.47 Å². The Morgan fingerprint density at radius 2 is 2.00 bits per heavy atom. The zero-order chi connectivity index (χ0) is 14.4. The first kappa shape index (κ1) is 12.8. The maximum absolute atomic E-state index is 5.62. The Hall–Kier alpha value is -1.86. The van der Waals surface area contributed by atoms with Crippen molar-refractivity contribution < 1.29 is 9.47 Å². The van der Waals surface area contributed by atoms with E-state index in [0.717, 1.165) is 32.8 Å². The van der Waals surface area contributed by atoms with E-state index in [9.17, 15) is 0 Å². The molecule has 0 atom stereocenters. The van der Waals surface area contributed by atoms with Crippen molar-refractivity contribution in [2.24, 2.45) is 0 Å². The number of halogens is 1. The van der Waals surface area contributed by atoms with Gasteiger partial charge in [0.1, 0.15) is 13.2 Å². The molecular formula is C14H10BrN3O2S. The predicted octanol–water partition coefficient (Wildman–Crippen LogP) is 3.62. The molecule has 1 N–H and O–H groups in total. The van der Waals surface area contributed by atoms with Gasteiger partial charge in [-0.2, -0.15) is 0 Å². The minimum Gasteiger partial charge on any atom is -0.486 e. The quantitative estimate of drug-likeness (QED) is 0.671. The highest BCUT2D eigenvalue weighted by atomic mass is 79.9. The number of hydrogen-bond acceptors (Lipinski definition) is 4. The van der Waals surface area contributed by atoms with Crippen molar-refractivity contribution in [2.75, 3.05) is 13.2 Å². The summed E-state index contributed by atoms with van der Waals surface area (Å²) >= 11 is 8.82. The highest BCUT2D eigenvalue weighted by Gasteiger charge is 2.14. The highest BCUT2D eigenvalue weighted by Crippen LogP contribution is 2.33. The van der Waals surface area contributed by atoms with Crippen LogP contribution >= 0.6 is 28.1 Å². The van der Waals surface area contributed by atoms with Crippen molar-refractivity contribution >= 4 is 39.3 Å². The van der Waals surface area contributed by atoms with Crippen molar-refractivity contribution in [1.29, 1.82) is 0 Å². The van der Waals surface area contributed by atoms with Crippen LogP contribution in [-0.4, -0.2) is 27.7 Å². The Morgan fingerprint density at radius 1 is 1.19 bits per heavy atom. The summed E-state index contributed by atoms with van der Waals surface area (Å²) in [6, 6.07) is 7.71. The van der Waals surface area contributed by atoms with E-state index in [1.165, 1.54) is 0 Å². The third-order valence-electron chi connectivity index (χ3n) is 3.27. The number of rotatable bonds is 1. The van der Waals surface area contributed by atoms with Crippen LogP contribution in [0.4, 0.5) is 0 Å². The lowest BCUT2D eigenvalue weighted by atomic mass is 10.2. The van der Waals surface area contributed by atoms with E-state index >= 15 is 0 Å². The fraction of sp³-hybridized carbons (Fsp3) is 0.143. The Labute approximate surface area is 133 Å². The monoisotopic (exact) mass is 363 g/mol. The van der Waals surface area contributed by atoms with Gasteiger partial charge in [0.25, 0.3) is 0 Å². The average Bonchev–Trinajstić information content (AvgIpc) is 2.81. The van der Waals surface area contributed by atoms with Gasteiger partial charge >= 0.3 is 0 Å². The van der Waals surface area contributed by atoms with Crippen LogP contribution in [0, 0.1) is 4.77 Å². The molecule has 4 rings (SSSR count). The van der Waals surface area contributed by atoms with Crippen LogP contribution in [0.1, 0.15) is 0 Å². The number of H-pyrrole nitrogens is 1. The molecule has 106 valence electrons. The summed E-state index contributed by atoms with van der Waals surface area (Å²) in [5.74, 6) is 1.49. The van der Waals surface area contributed by atoms with Crippen molar-refractivity contribution in [2.45, 2.75) is 0 Å². The topological polar surface area (TPSA) is 52.1 Å². The Balaban J connectivity index is 1.94. The van der Waals surface area contributed by atoms with Gasteiger partial charge in [-0.3, -0.25) is 4.57 Å². The Bertz CT molecular complexity index is 903. The molecule has 1 aromatic carbocycles. The van der Waals surface area contributed by atoms with Crippen molar-refractivity contribution in [3.8, 4) is 17.2 Å². The number of benzene rings is 1. The fourth-order valence-corrected chi connectivity index (χ4v) is 3.01. The molecule has 0 fully saturated rings. The molecule has 2 aromatic heterocycles. The number of imidazole rings is 1. The minimum absolute atomic E-state index is 0.556. The van der Waals surface area contributed by atoms with Gasteiger partial charge in [-0.15, -0.1) is 0 Å². The molecule has 0 radical (unpaired) electrons. The summed E-state index contributed by atoms with van der Waals surface area (Å²) < 4.78 is 14.5. The largest absolute Gasteiger partial charge is 0.486 e. The summed E-state index contributed by atoms with van der Waals surface area (Å²) in [5, 5.41) is 0. The molecule has 3 aromatic rings. The summed E-state index contributed by atoms with van der Waals surface area (Å²) in [6.07, 6.45) is 1.75. The number of ether oxygens (including phenoxy) is 2. The van der Waals surface area contributed by atoms with Crippen molar-refractivity contribution in [3.63, 3.8) is 0 Å². The van der Waals surface area contributed by atoms with Crippen LogP contribution in [0.2, 0.25) is 0 Å². The lowest BCUT2D eigenvalue weighted by Crippen LogP contribution is -2.15. The van der Waals surface area contributed by atoms with E-state index in [1.54, 1.807) is 6.20 Å². The molecule has 0 saturated carbocycles. The molecule has 0 unspecified atom stereocenters. The van der Waals surface area contributed by atoms with Gasteiger partial charge in [-0.05, 0) is 46.3 Å². The molecule has 1 aliphatic rings. The molecule has 0 aliphatic carbocycles. The van der Waals surface area contributed by atoms with E-state index < -0.39 is 0 Å². The maximum atomic E-state index is 5.62. The van der Waals surface area contributed by atoms with E-state index in [0.29, 0.717) is 18.0 Å². The minimum atomic E-state index is 0.556. The molecule has 0 saturated heterocycles. The van der Waals surface area contributed by atoms with Gasteiger partial charge in [-0.25, -0.2) is 4.98 Å². The van der Waals surface area contributed by atoms with Crippen LogP contribution in [0.3, 0.4) is 0 Å².